The fraction of sp³-hybridized carbons (Fsp3) is 0.286. The quantitative estimate of drug-likeness (QED) is 0.629. The van der Waals surface area contributed by atoms with Gasteiger partial charge in [-0.15, -0.1) is 0 Å². The minimum absolute atomic E-state index is 0.0934. The number of esters is 1. The minimum Gasteiger partial charge on any atom is -0.467 e. The van der Waals surface area contributed by atoms with Crippen molar-refractivity contribution in [3.8, 4) is 0 Å². The van der Waals surface area contributed by atoms with E-state index in [1.54, 1.807) is 28.2 Å². The molecule has 0 saturated carbocycles. The summed E-state index contributed by atoms with van der Waals surface area (Å²) in [7, 11) is 1.35. The number of ether oxygens (including phenoxy) is 1. The molecule has 0 aliphatic heterocycles. The molecule has 0 aliphatic carbocycles. The zero-order valence-electron chi connectivity index (χ0n) is 15.8. The first-order valence-electron chi connectivity index (χ1n) is 8.90. The van der Waals surface area contributed by atoms with E-state index in [1.807, 2.05) is 50.2 Å². The van der Waals surface area contributed by atoms with E-state index < -0.39 is 12.0 Å². The van der Waals surface area contributed by atoms with Gasteiger partial charge < -0.3 is 9.30 Å². The van der Waals surface area contributed by atoms with Crippen molar-refractivity contribution in [2.75, 3.05) is 12.0 Å². The molecule has 1 aromatic heterocycles. The highest BCUT2D eigenvalue weighted by Gasteiger charge is 2.32. The lowest BCUT2D eigenvalue weighted by atomic mass is 10.0. The van der Waals surface area contributed by atoms with Crippen molar-refractivity contribution in [2.45, 2.75) is 32.9 Å². The second kappa shape index (κ2) is 8.03. The van der Waals surface area contributed by atoms with Gasteiger partial charge in [0, 0.05) is 17.8 Å². The number of fused-ring (bicyclic) bond motifs is 1. The third-order valence-electron chi connectivity index (χ3n) is 4.66. The van der Waals surface area contributed by atoms with Crippen molar-refractivity contribution in [3.63, 3.8) is 0 Å². The molecule has 0 aliphatic rings. The van der Waals surface area contributed by atoms with E-state index in [9.17, 15) is 9.59 Å². The van der Waals surface area contributed by atoms with Crippen LogP contribution < -0.4 is 4.90 Å². The van der Waals surface area contributed by atoms with E-state index in [0.717, 1.165) is 22.0 Å². The minimum atomic E-state index is -0.699. The van der Waals surface area contributed by atoms with Crippen molar-refractivity contribution in [1.29, 1.82) is 0 Å². The topological polar surface area (TPSA) is 64.4 Å². The molecule has 0 bridgehead atoms. The van der Waals surface area contributed by atoms with Crippen LogP contribution in [-0.4, -0.2) is 34.6 Å². The summed E-state index contributed by atoms with van der Waals surface area (Å²) in [6.45, 7) is 3.92. The van der Waals surface area contributed by atoms with Crippen molar-refractivity contribution in [3.05, 3.63) is 60.7 Å². The Bertz CT molecular complexity index is 950. The Kier molecular flexibility index (Phi) is 5.54. The predicted octanol–water partition coefficient (Wildman–Crippen LogP) is 3.33. The zero-order valence-corrected chi connectivity index (χ0v) is 15.8. The summed E-state index contributed by atoms with van der Waals surface area (Å²) in [6.07, 6.45) is 5.39. The standard InChI is InChI=1S/C21H23N3O3/c1-4-18(21(26)27-3)24(19(25)13-23-12-11-22-14-23)20-15(2)9-10-16-7-5-6-8-17(16)20/h5-12,14,18H,4,13H2,1-3H3. The van der Waals surface area contributed by atoms with Crippen molar-refractivity contribution in [1.82, 2.24) is 9.55 Å². The van der Waals surface area contributed by atoms with Gasteiger partial charge in [0.25, 0.3) is 0 Å². The lowest BCUT2D eigenvalue weighted by Gasteiger charge is -2.32. The number of hydrogen-bond donors (Lipinski definition) is 0. The molecule has 27 heavy (non-hydrogen) atoms. The molecule has 1 atom stereocenters. The number of carbonyl (C=O) groups is 2. The number of imidazole rings is 1. The number of methoxy groups -OCH3 is 1. The normalized spacial score (nSPS) is 12.0. The van der Waals surface area contributed by atoms with Gasteiger partial charge in [0.15, 0.2) is 0 Å². The van der Waals surface area contributed by atoms with Crippen LogP contribution in [0.3, 0.4) is 0 Å². The number of nitrogens with zero attached hydrogens (tertiary/aromatic N) is 3. The summed E-state index contributed by atoms with van der Waals surface area (Å²) in [5, 5.41) is 1.94. The van der Waals surface area contributed by atoms with Crippen LogP contribution in [-0.2, 0) is 20.9 Å². The van der Waals surface area contributed by atoms with Gasteiger partial charge in [-0.1, -0.05) is 43.3 Å². The van der Waals surface area contributed by atoms with Crippen LogP contribution in [0.1, 0.15) is 18.9 Å². The van der Waals surface area contributed by atoms with Gasteiger partial charge in [0.1, 0.15) is 12.6 Å². The van der Waals surface area contributed by atoms with Gasteiger partial charge in [-0.3, -0.25) is 9.69 Å². The molecule has 1 unspecified atom stereocenters. The highest BCUT2D eigenvalue weighted by Crippen LogP contribution is 2.33. The first-order chi connectivity index (χ1) is 13.1. The fourth-order valence-corrected chi connectivity index (χ4v) is 3.34. The van der Waals surface area contributed by atoms with Gasteiger partial charge >= 0.3 is 5.97 Å². The second-order valence-electron chi connectivity index (χ2n) is 6.40. The molecule has 2 aromatic carbocycles. The zero-order chi connectivity index (χ0) is 19.4. The second-order valence-corrected chi connectivity index (χ2v) is 6.40. The predicted molar refractivity (Wildman–Crippen MR) is 104 cm³/mol. The molecule has 1 heterocycles. The van der Waals surface area contributed by atoms with Gasteiger partial charge in [-0.05, 0) is 24.3 Å². The highest BCUT2D eigenvalue weighted by molar-refractivity contribution is 6.08. The number of aromatic nitrogens is 2. The van der Waals surface area contributed by atoms with Crippen molar-refractivity contribution in [2.24, 2.45) is 0 Å². The Morgan fingerprint density at radius 2 is 2.00 bits per heavy atom. The smallest absolute Gasteiger partial charge is 0.328 e. The van der Waals surface area contributed by atoms with Crippen LogP contribution in [0.2, 0.25) is 0 Å². The monoisotopic (exact) mass is 365 g/mol. The average molecular weight is 365 g/mol. The number of hydrogen-bond acceptors (Lipinski definition) is 4. The average Bonchev–Trinajstić information content (AvgIpc) is 3.19. The molecule has 0 N–H and O–H groups in total. The number of amides is 1. The van der Waals surface area contributed by atoms with Crippen LogP contribution in [0, 0.1) is 6.92 Å². The van der Waals surface area contributed by atoms with E-state index in [-0.39, 0.29) is 12.5 Å². The first-order valence-corrected chi connectivity index (χ1v) is 8.90. The summed E-state index contributed by atoms with van der Waals surface area (Å²) in [6, 6.07) is 11.1. The lowest BCUT2D eigenvalue weighted by molar-refractivity contribution is -0.143. The van der Waals surface area contributed by atoms with Gasteiger partial charge in [-0.25, -0.2) is 9.78 Å². The molecular weight excluding hydrogens is 342 g/mol. The van der Waals surface area contributed by atoms with E-state index in [1.165, 1.54) is 7.11 Å². The molecule has 3 rings (SSSR count). The molecule has 0 fully saturated rings. The largest absolute Gasteiger partial charge is 0.467 e. The summed E-state index contributed by atoms with van der Waals surface area (Å²) in [5.74, 6) is -0.617. The number of carbonyl (C=O) groups excluding carboxylic acids is 2. The maximum absolute atomic E-state index is 13.3. The first kappa shape index (κ1) is 18.6. The van der Waals surface area contributed by atoms with E-state index in [2.05, 4.69) is 4.98 Å². The number of anilines is 1. The molecule has 1 amide bonds. The number of rotatable bonds is 6. The molecule has 0 saturated heterocycles. The molecule has 3 aromatic rings. The third-order valence-corrected chi connectivity index (χ3v) is 4.66. The third kappa shape index (κ3) is 3.69. The molecule has 0 radical (unpaired) electrons. The lowest BCUT2D eigenvalue weighted by Crippen LogP contribution is -2.47. The molecule has 0 spiro atoms. The molecule has 6 heteroatoms. The van der Waals surface area contributed by atoms with E-state index in [4.69, 9.17) is 4.74 Å². The van der Waals surface area contributed by atoms with Crippen LogP contribution in [0.15, 0.2) is 55.1 Å². The molecule has 140 valence electrons. The van der Waals surface area contributed by atoms with Crippen LogP contribution in [0.4, 0.5) is 5.69 Å². The Labute approximate surface area is 158 Å². The maximum Gasteiger partial charge on any atom is 0.328 e. The van der Waals surface area contributed by atoms with Crippen LogP contribution >= 0.6 is 0 Å². The molecular formula is C21H23N3O3. The summed E-state index contributed by atoms with van der Waals surface area (Å²) in [4.78, 5) is 31.4. The van der Waals surface area contributed by atoms with Gasteiger partial charge in [-0.2, -0.15) is 0 Å². The van der Waals surface area contributed by atoms with Crippen molar-refractivity contribution >= 4 is 28.3 Å². The molecule has 6 nitrogen and oxygen atoms in total. The Morgan fingerprint density at radius 1 is 1.22 bits per heavy atom. The Hall–Kier alpha value is -3.15. The summed E-state index contributed by atoms with van der Waals surface area (Å²) in [5.41, 5.74) is 1.67. The summed E-state index contributed by atoms with van der Waals surface area (Å²) >= 11 is 0. The Morgan fingerprint density at radius 3 is 2.67 bits per heavy atom. The highest BCUT2D eigenvalue weighted by atomic mass is 16.5. The van der Waals surface area contributed by atoms with Crippen molar-refractivity contribution < 1.29 is 14.3 Å². The SMILES string of the molecule is CCC(C(=O)OC)N(C(=O)Cn1ccnc1)c1c(C)ccc2ccccc12. The van der Waals surface area contributed by atoms with Crippen LogP contribution in [0.25, 0.3) is 10.8 Å². The van der Waals surface area contributed by atoms with E-state index in [0.29, 0.717) is 6.42 Å². The number of aryl methyl sites for hydroxylation is 1. The van der Waals surface area contributed by atoms with Gasteiger partial charge in [0.2, 0.25) is 5.91 Å². The maximum atomic E-state index is 13.3. The fourth-order valence-electron chi connectivity index (χ4n) is 3.34. The van der Waals surface area contributed by atoms with E-state index >= 15 is 0 Å². The van der Waals surface area contributed by atoms with Gasteiger partial charge in [0.05, 0.1) is 19.1 Å². The number of benzene rings is 2. The summed E-state index contributed by atoms with van der Waals surface area (Å²) < 4.78 is 6.69. The Balaban J connectivity index is 2.16. The van der Waals surface area contributed by atoms with Crippen LogP contribution in [0.5, 0.6) is 0 Å².